The Balaban J connectivity index is 2.13. The van der Waals surface area contributed by atoms with Crippen molar-refractivity contribution < 1.29 is 13.6 Å². The molecule has 0 fully saturated rings. The molecule has 0 spiro atoms. The first kappa shape index (κ1) is 14.9. The van der Waals surface area contributed by atoms with Crippen LogP contribution in [0.25, 0.3) is 0 Å². The van der Waals surface area contributed by atoms with E-state index < -0.39 is 23.2 Å². The van der Waals surface area contributed by atoms with E-state index in [4.69, 9.17) is 5.84 Å². The topological polar surface area (TPSA) is 67.2 Å². The number of aryl methyl sites for hydroxylation is 1. The number of carbonyl (C=O) groups excluding carboxylic acids is 1. The molecule has 0 aliphatic rings. The third kappa shape index (κ3) is 3.35. The third-order valence-corrected chi connectivity index (χ3v) is 3.15. The van der Waals surface area contributed by atoms with Crippen LogP contribution < -0.4 is 16.6 Å². The molecule has 0 saturated carbocycles. The van der Waals surface area contributed by atoms with E-state index in [2.05, 4.69) is 5.32 Å². The maximum absolute atomic E-state index is 13.5. The van der Waals surface area contributed by atoms with Crippen LogP contribution >= 0.6 is 0 Å². The van der Waals surface area contributed by atoms with Gasteiger partial charge in [-0.05, 0) is 30.2 Å². The van der Waals surface area contributed by atoms with E-state index in [1.165, 1.54) is 0 Å². The first-order chi connectivity index (χ1) is 10.0. The molecule has 0 saturated heterocycles. The summed E-state index contributed by atoms with van der Waals surface area (Å²) >= 11 is 0. The Kier molecular flexibility index (Phi) is 4.49. The smallest absolute Gasteiger partial charge is 0.251 e. The summed E-state index contributed by atoms with van der Waals surface area (Å²) in [5.41, 5.74) is 3.31. The highest BCUT2D eigenvalue weighted by Crippen LogP contribution is 2.19. The second-order valence-corrected chi connectivity index (χ2v) is 4.57. The predicted molar refractivity (Wildman–Crippen MR) is 76.5 cm³/mol. The van der Waals surface area contributed by atoms with Crippen LogP contribution in [0.4, 0.5) is 14.5 Å². The van der Waals surface area contributed by atoms with Crippen molar-refractivity contribution >= 4 is 11.6 Å². The standard InChI is InChI=1S/C15H15F2N3O/c1-9-4-2-3-5-10(9)8-19-15(21)11-6-12(16)14(20-18)13(17)7-11/h2-7,20H,8,18H2,1H3,(H,19,21). The molecular weight excluding hydrogens is 276 g/mol. The molecule has 4 nitrogen and oxygen atoms in total. The van der Waals surface area contributed by atoms with Crippen molar-refractivity contribution in [2.24, 2.45) is 5.84 Å². The fourth-order valence-corrected chi connectivity index (χ4v) is 1.93. The van der Waals surface area contributed by atoms with E-state index in [-0.39, 0.29) is 12.1 Å². The molecule has 0 heterocycles. The molecule has 0 bridgehead atoms. The van der Waals surface area contributed by atoms with Crippen LogP contribution in [0, 0.1) is 18.6 Å². The summed E-state index contributed by atoms with van der Waals surface area (Å²) in [5.74, 6) is 2.61. The van der Waals surface area contributed by atoms with Gasteiger partial charge in [-0.2, -0.15) is 0 Å². The molecule has 0 aromatic heterocycles. The van der Waals surface area contributed by atoms with Gasteiger partial charge in [-0.15, -0.1) is 0 Å². The Bertz CT molecular complexity index is 651. The molecule has 2 aromatic carbocycles. The second kappa shape index (κ2) is 6.32. The van der Waals surface area contributed by atoms with Crippen LogP contribution in [0.15, 0.2) is 36.4 Å². The highest BCUT2D eigenvalue weighted by Gasteiger charge is 2.14. The highest BCUT2D eigenvalue weighted by atomic mass is 19.1. The summed E-state index contributed by atoms with van der Waals surface area (Å²) in [5, 5.41) is 2.62. The lowest BCUT2D eigenvalue weighted by Crippen LogP contribution is -2.24. The van der Waals surface area contributed by atoms with Gasteiger partial charge < -0.3 is 10.7 Å². The van der Waals surface area contributed by atoms with Gasteiger partial charge in [0.15, 0.2) is 11.6 Å². The maximum Gasteiger partial charge on any atom is 0.251 e. The minimum atomic E-state index is -0.918. The van der Waals surface area contributed by atoms with Crippen molar-refractivity contribution in [3.8, 4) is 0 Å². The molecule has 6 heteroatoms. The van der Waals surface area contributed by atoms with Crippen LogP contribution in [-0.4, -0.2) is 5.91 Å². The number of rotatable bonds is 4. The van der Waals surface area contributed by atoms with Gasteiger partial charge in [-0.25, -0.2) is 8.78 Å². The number of nitrogen functional groups attached to an aromatic ring is 1. The maximum atomic E-state index is 13.5. The summed E-state index contributed by atoms with van der Waals surface area (Å²) < 4.78 is 27.1. The number of hydrogen-bond donors (Lipinski definition) is 3. The zero-order valence-corrected chi connectivity index (χ0v) is 11.4. The molecular formula is C15H15F2N3O. The van der Waals surface area contributed by atoms with Gasteiger partial charge in [0.2, 0.25) is 0 Å². The van der Waals surface area contributed by atoms with Crippen molar-refractivity contribution in [1.82, 2.24) is 5.32 Å². The molecule has 2 rings (SSSR count). The lowest BCUT2D eigenvalue weighted by molar-refractivity contribution is 0.0950. The van der Waals surface area contributed by atoms with Gasteiger partial charge in [0.1, 0.15) is 5.69 Å². The first-order valence-corrected chi connectivity index (χ1v) is 6.31. The lowest BCUT2D eigenvalue weighted by Gasteiger charge is -2.09. The number of nitrogens with one attached hydrogen (secondary N) is 2. The van der Waals surface area contributed by atoms with E-state index in [0.717, 1.165) is 23.3 Å². The largest absolute Gasteiger partial charge is 0.348 e. The fourth-order valence-electron chi connectivity index (χ4n) is 1.93. The number of hydrazine groups is 1. The first-order valence-electron chi connectivity index (χ1n) is 6.31. The normalized spacial score (nSPS) is 10.3. The SMILES string of the molecule is Cc1ccccc1CNC(=O)c1cc(F)c(NN)c(F)c1. The minimum Gasteiger partial charge on any atom is -0.348 e. The third-order valence-electron chi connectivity index (χ3n) is 3.15. The van der Waals surface area contributed by atoms with Gasteiger partial charge in [-0.1, -0.05) is 24.3 Å². The van der Waals surface area contributed by atoms with Crippen LogP contribution in [0.5, 0.6) is 0 Å². The molecule has 1 amide bonds. The summed E-state index contributed by atoms with van der Waals surface area (Å²) in [4.78, 5) is 11.9. The van der Waals surface area contributed by atoms with Gasteiger partial charge in [0.05, 0.1) is 0 Å². The average molecular weight is 291 g/mol. The van der Waals surface area contributed by atoms with Crippen LogP contribution in [0.3, 0.4) is 0 Å². The lowest BCUT2D eigenvalue weighted by atomic mass is 10.1. The van der Waals surface area contributed by atoms with Gasteiger partial charge >= 0.3 is 0 Å². The van der Waals surface area contributed by atoms with Crippen molar-refractivity contribution in [1.29, 1.82) is 0 Å². The minimum absolute atomic E-state index is 0.0995. The van der Waals surface area contributed by atoms with Crippen LogP contribution in [0.2, 0.25) is 0 Å². The van der Waals surface area contributed by atoms with Gasteiger partial charge in [-0.3, -0.25) is 10.6 Å². The molecule has 2 aromatic rings. The van der Waals surface area contributed by atoms with E-state index in [1.807, 2.05) is 36.6 Å². The Morgan fingerprint density at radius 1 is 1.19 bits per heavy atom. The Morgan fingerprint density at radius 3 is 2.38 bits per heavy atom. The van der Waals surface area contributed by atoms with Gasteiger partial charge in [0, 0.05) is 12.1 Å². The number of hydrogen-bond acceptors (Lipinski definition) is 3. The molecule has 0 unspecified atom stereocenters. The fraction of sp³-hybridized carbons (Fsp3) is 0.133. The zero-order chi connectivity index (χ0) is 15.4. The van der Waals surface area contributed by atoms with Crippen LogP contribution in [0.1, 0.15) is 21.5 Å². The summed E-state index contributed by atoms with van der Waals surface area (Å²) in [6.07, 6.45) is 0. The van der Waals surface area contributed by atoms with Crippen molar-refractivity contribution in [3.05, 3.63) is 64.7 Å². The Morgan fingerprint density at radius 2 is 1.81 bits per heavy atom. The molecule has 0 aliphatic heterocycles. The van der Waals surface area contributed by atoms with Crippen molar-refractivity contribution in [2.45, 2.75) is 13.5 Å². The predicted octanol–water partition coefficient (Wildman–Crippen LogP) is 2.49. The van der Waals surface area contributed by atoms with E-state index in [9.17, 15) is 13.6 Å². The number of nitrogens with two attached hydrogens (primary N) is 1. The highest BCUT2D eigenvalue weighted by molar-refractivity contribution is 5.94. The summed E-state index contributed by atoms with van der Waals surface area (Å²) in [6.45, 7) is 2.20. The molecule has 110 valence electrons. The van der Waals surface area contributed by atoms with E-state index in [0.29, 0.717) is 0 Å². The molecule has 0 atom stereocenters. The number of carbonyl (C=O) groups is 1. The van der Waals surface area contributed by atoms with Crippen molar-refractivity contribution in [2.75, 3.05) is 5.43 Å². The molecule has 0 aliphatic carbocycles. The van der Waals surface area contributed by atoms with Gasteiger partial charge in [0.25, 0.3) is 5.91 Å². The number of benzene rings is 2. The Hall–Kier alpha value is -2.47. The summed E-state index contributed by atoms with van der Waals surface area (Å²) in [6, 6.07) is 9.41. The molecule has 0 radical (unpaired) electrons. The quantitative estimate of drug-likeness (QED) is 0.599. The monoisotopic (exact) mass is 291 g/mol. The van der Waals surface area contributed by atoms with E-state index in [1.54, 1.807) is 0 Å². The van der Waals surface area contributed by atoms with E-state index >= 15 is 0 Å². The molecule has 21 heavy (non-hydrogen) atoms. The summed E-state index contributed by atoms with van der Waals surface area (Å²) in [7, 11) is 0. The van der Waals surface area contributed by atoms with Crippen LogP contribution in [-0.2, 0) is 6.54 Å². The Labute approximate surface area is 120 Å². The zero-order valence-electron chi connectivity index (χ0n) is 11.4. The number of amides is 1. The molecule has 4 N–H and O–H groups in total. The second-order valence-electron chi connectivity index (χ2n) is 4.57. The average Bonchev–Trinajstić information content (AvgIpc) is 2.45. The number of halogens is 2. The number of anilines is 1. The van der Waals surface area contributed by atoms with Crippen molar-refractivity contribution in [3.63, 3.8) is 0 Å².